The second kappa shape index (κ2) is 5.23. The third-order valence-corrected chi connectivity index (χ3v) is 4.32. The van der Waals surface area contributed by atoms with Crippen LogP contribution in [0.1, 0.15) is 53.0 Å². The van der Waals surface area contributed by atoms with E-state index >= 15 is 0 Å². The van der Waals surface area contributed by atoms with E-state index in [1.54, 1.807) is 26.8 Å². The van der Waals surface area contributed by atoms with E-state index in [-0.39, 0.29) is 11.4 Å². The van der Waals surface area contributed by atoms with Crippen molar-refractivity contribution in [2.75, 3.05) is 5.32 Å². The largest absolute Gasteiger partial charge is 0.444 e. The average molecular weight is 308 g/mol. The van der Waals surface area contributed by atoms with Crippen molar-refractivity contribution >= 4 is 11.8 Å². The van der Waals surface area contributed by atoms with Gasteiger partial charge in [-0.2, -0.15) is 0 Å². The van der Waals surface area contributed by atoms with E-state index in [4.69, 9.17) is 10.5 Å². The van der Waals surface area contributed by atoms with Crippen molar-refractivity contribution in [1.29, 1.82) is 0 Å². The molecule has 2 rings (SSSR count). The van der Waals surface area contributed by atoms with Gasteiger partial charge in [0.15, 0.2) is 0 Å². The quantitative estimate of drug-likeness (QED) is 0.889. The Bertz CT molecular complexity index is 587. The highest BCUT2D eigenvalue weighted by molar-refractivity contribution is 5.86. The molecule has 1 aliphatic carbocycles. The SMILES string of the molecule is CC(C)(C)OC(=O)Nc1ccc(F)cc1C(C)(C)C1(N)CC1. The van der Waals surface area contributed by atoms with Crippen LogP contribution in [0.15, 0.2) is 18.2 Å². The van der Waals surface area contributed by atoms with Crippen molar-refractivity contribution in [3.8, 4) is 0 Å². The number of amides is 1. The summed E-state index contributed by atoms with van der Waals surface area (Å²) in [6, 6.07) is 4.32. The van der Waals surface area contributed by atoms with Gasteiger partial charge in [-0.15, -0.1) is 0 Å². The first-order valence-electron chi connectivity index (χ1n) is 7.54. The van der Waals surface area contributed by atoms with E-state index in [0.717, 1.165) is 12.8 Å². The Kier molecular flexibility index (Phi) is 3.98. The van der Waals surface area contributed by atoms with Crippen LogP contribution in [0.3, 0.4) is 0 Å². The second-order valence-electron chi connectivity index (χ2n) is 7.60. The number of benzene rings is 1. The van der Waals surface area contributed by atoms with Crippen molar-refractivity contribution in [2.45, 2.75) is 64.0 Å². The van der Waals surface area contributed by atoms with Gasteiger partial charge < -0.3 is 10.5 Å². The molecule has 0 saturated heterocycles. The minimum atomic E-state index is -0.592. The first-order valence-corrected chi connectivity index (χ1v) is 7.54. The van der Waals surface area contributed by atoms with E-state index < -0.39 is 17.1 Å². The van der Waals surface area contributed by atoms with Gasteiger partial charge in [0.1, 0.15) is 11.4 Å². The minimum absolute atomic E-state index is 0.345. The first kappa shape index (κ1) is 16.7. The lowest BCUT2D eigenvalue weighted by atomic mass is 9.75. The predicted molar refractivity (Wildman–Crippen MR) is 85.4 cm³/mol. The molecule has 1 aliphatic rings. The van der Waals surface area contributed by atoms with Crippen LogP contribution in [-0.4, -0.2) is 17.2 Å². The van der Waals surface area contributed by atoms with Gasteiger partial charge >= 0.3 is 6.09 Å². The predicted octanol–water partition coefficient (Wildman–Crippen LogP) is 3.94. The molecule has 0 atom stereocenters. The number of halogens is 1. The fourth-order valence-electron chi connectivity index (χ4n) is 2.58. The van der Waals surface area contributed by atoms with Crippen LogP contribution >= 0.6 is 0 Å². The third-order valence-electron chi connectivity index (χ3n) is 4.32. The minimum Gasteiger partial charge on any atom is -0.444 e. The van der Waals surface area contributed by atoms with Crippen LogP contribution < -0.4 is 11.1 Å². The van der Waals surface area contributed by atoms with Crippen LogP contribution in [0.5, 0.6) is 0 Å². The van der Waals surface area contributed by atoms with Crippen molar-refractivity contribution in [3.63, 3.8) is 0 Å². The fourth-order valence-corrected chi connectivity index (χ4v) is 2.58. The molecule has 0 radical (unpaired) electrons. The number of nitrogens with two attached hydrogens (primary N) is 1. The number of anilines is 1. The summed E-state index contributed by atoms with van der Waals surface area (Å²) >= 11 is 0. The molecule has 0 aliphatic heterocycles. The Morgan fingerprint density at radius 1 is 1.27 bits per heavy atom. The van der Waals surface area contributed by atoms with E-state index in [0.29, 0.717) is 11.3 Å². The number of hydrogen-bond donors (Lipinski definition) is 2. The van der Waals surface area contributed by atoms with Gasteiger partial charge in [-0.3, -0.25) is 5.32 Å². The lowest BCUT2D eigenvalue weighted by Gasteiger charge is -2.34. The number of carbonyl (C=O) groups is 1. The summed E-state index contributed by atoms with van der Waals surface area (Å²) in [6.07, 6.45) is 1.23. The van der Waals surface area contributed by atoms with Gasteiger partial charge in [-0.1, -0.05) is 13.8 Å². The van der Waals surface area contributed by atoms with Crippen LogP contribution in [0.25, 0.3) is 0 Å². The zero-order valence-electron chi connectivity index (χ0n) is 13.9. The molecule has 22 heavy (non-hydrogen) atoms. The first-order chi connectivity index (χ1) is 9.95. The van der Waals surface area contributed by atoms with Gasteiger partial charge in [-0.05, 0) is 57.4 Å². The van der Waals surface area contributed by atoms with E-state index in [2.05, 4.69) is 5.32 Å². The molecule has 1 aromatic carbocycles. The summed E-state index contributed by atoms with van der Waals surface area (Å²) in [4.78, 5) is 12.0. The zero-order chi connectivity index (χ0) is 16.8. The Hall–Kier alpha value is -1.62. The fraction of sp³-hybridized carbons (Fsp3) is 0.588. The Labute approximate surface area is 131 Å². The maximum Gasteiger partial charge on any atom is 0.412 e. The highest BCUT2D eigenvalue weighted by atomic mass is 19.1. The maximum atomic E-state index is 13.7. The van der Waals surface area contributed by atoms with E-state index in [9.17, 15) is 9.18 Å². The van der Waals surface area contributed by atoms with Crippen molar-refractivity contribution in [1.82, 2.24) is 0 Å². The molecule has 1 amide bonds. The Balaban J connectivity index is 2.31. The molecular weight excluding hydrogens is 283 g/mol. The Morgan fingerprint density at radius 3 is 2.36 bits per heavy atom. The zero-order valence-corrected chi connectivity index (χ0v) is 13.9. The lowest BCUT2D eigenvalue weighted by molar-refractivity contribution is 0.0635. The van der Waals surface area contributed by atoms with Crippen LogP contribution in [0, 0.1) is 5.82 Å². The number of nitrogens with one attached hydrogen (secondary N) is 1. The molecule has 3 N–H and O–H groups in total. The average Bonchev–Trinajstić information content (AvgIpc) is 3.09. The van der Waals surface area contributed by atoms with Gasteiger partial charge in [0.25, 0.3) is 0 Å². The molecule has 4 nitrogen and oxygen atoms in total. The molecule has 0 unspecified atom stereocenters. The van der Waals surface area contributed by atoms with Crippen LogP contribution in [0.4, 0.5) is 14.9 Å². The number of rotatable bonds is 3. The number of ether oxygens (including phenoxy) is 1. The summed E-state index contributed by atoms with van der Waals surface area (Å²) < 4.78 is 19.0. The van der Waals surface area contributed by atoms with Crippen molar-refractivity contribution < 1.29 is 13.9 Å². The number of hydrogen-bond acceptors (Lipinski definition) is 3. The van der Waals surface area contributed by atoms with Gasteiger partial charge in [0, 0.05) is 16.6 Å². The van der Waals surface area contributed by atoms with Gasteiger partial charge in [-0.25, -0.2) is 9.18 Å². The molecule has 0 heterocycles. The third kappa shape index (κ3) is 3.40. The summed E-state index contributed by atoms with van der Waals surface area (Å²) in [5.74, 6) is -0.345. The highest BCUT2D eigenvalue weighted by Gasteiger charge is 2.52. The van der Waals surface area contributed by atoms with Crippen LogP contribution in [-0.2, 0) is 10.2 Å². The summed E-state index contributed by atoms with van der Waals surface area (Å²) in [5, 5.41) is 2.72. The molecule has 1 aromatic rings. The molecular formula is C17H25FN2O2. The van der Waals surface area contributed by atoms with Gasteiger partial charge in [0.2, 0.25) is 0 Å². The van der Waals surface area contributed by atoms with Crippen molar-refractivity contribution in [2.24, 2.45) is 5.73 Å². The molecule has 1 fully saturated rings. The van der Waals surface area contributed by atoms with Crippen molar-refractivity contribution in [3.05, 3.63) is 29.6 Å². The van der Waals surface area contributed by atoms with E-state index in [1.165, 1.54) is 12.1 Å². The summed E-state index contributed by atoms with van der Waals surface area (Å²) in [7, 11) is 0. The highest BCUT2D eigenvalue weighted by Crippen LogP contribution is 2.50. The summed E-state index contributed by atoms with van der Waals surface area (Å²) in [5.41, 5.74) is 6.18. The molecule has 0 bridgehead atoms. The topological polar surface area (TPSA) is 64.3 Å². The lowest BCUT2D eigenvalue weighted by Crippen LogP contribution is -2.44. The summed E-state index contributed by atoms with van der Waals surface area (Å²) in [6.45, 7) is 9.34. The maximum absolute atomic E-state index is 13.7. The molecule has 5 heteroatoms. The Morgan fingerprint density at radius 2 is 1.86 bits per heavy atom. The number of carbonyl (C=O) groups excluding carboxylic acids is 1. The smallest absolute Gasteiger partial charge is 0.412 e. The standard InChI is InChI=1S/C17H25FN2O2/c1-15(2,3)22-14(21)20-13-7-6-11(18)10-12(13)16(4,5)17(19)8-9-17/h6-7,10H,8-9,19H2,1-5H3,(H,20,21). The second-order valence-corrected chi connectivity index (χ2v) is 7.60. The molecule has 1 saturated carbocycles. The normalized spacial score (nSPS) is 17.0. The molecule has 122 valence electrons. The monoisotopic (exact) mass is 308 g/mol. The van der Waals surface area contributed by atoms with E-state index in [1.807, 2.05) is 13.8 Å². The van der Waals surface area contributed by atoms with Gasteiger partial charge in [0.05, 0.1) is 0 Å². The molecule has 0 spiro atoms. The molecule has 0 aromatic heterocycles. The van der Waals surface area contributed by atoms with Crippen LogP contribution in [0.2, 0.25) is 0 Å².